The Bertz CT molecular complexity index is 258. The van der Waals surface area contributed by atoms with E-state index in [9.17, 15) is 4.39 Å². The summed E-state index contributed by atoms with van der Waals surface area (Å²) in [7, 11) is 0. The molecule has 0 heterocycles. The number of aliphatic hydroxyl groups is 1. The Morgan fingerprint density at radius 2 is 2.17 bits per heavy atom. The van der Waals surface area contributed by atoms with Crippen LogP contribution in [0.25, 0.3) is 0 Å². The van der Waals surface area contributed by atoms with E-state index in [1.165, 1.54) is 12.1 Å². The van der Waals surface area contributed by atoms with Gasteiger partial charge in [-0.3, -0.25) is 0 Å². The molecule has 65 valence electrons. The maximum atomic E-state index is 12.8. The second-order valence-electron chi connectivity index (χ2n) is 2.77. The SMILES string of the molecule is CCCc1cc(F)cc([CH]O)c1. The number of halogens is 1. The summed E-state index contributed by atoms with van der Waals surface area (Å²) in [6.07, 6.45) is 1.83. The van der Waals surface area contributed by atoms with Crippen molar-refractivity contribution < 1.29 is 9.50 Å². The van der Waals surface area contributed by atoms with E-state index in [1.807, 2.05) is 6.92 Å². The summed E-state index contributed by atoms with van der Waals surface area (Å²) in [5.74, 6) is -0.291. The first-order valence-electron chi connectivity index (χ1n) is 4.03. The molecule has 0 aliphatic carbocycles. The van der Waals surface area contributed by atoms with E-state index >= 15 is 0 Å². The molecule has 1 nitrogen and oxygen atoms in total. The van der Waals surface area contributed by atoms with Crippen LogP contribution in [0.3, 0.4) is 0 Å². The summed E-state index contributed by atoms with van der Waals surface area (Å²) in [5.41, 5.74) is 1.45. The first-order valence-corrected chi connectivity index (χ1v) is 4.03. The standard InChI is InChI=1S/C10H12FO/c1-2-3-8-4-9(7-12)6-10(11)5-8/h4-7,12H,2-3H2,1H3. The Kier molecular flexibility index (Phi) is 3.23. The summed E-state index contributed by atoms with van der Waals surface area (Å²) in [4.78, 5) is 0. The molecular formula is C10H12FO. The first kappa shape index (κ1) is 9.20. The molecule has 0 fully saturated rings. The number of aliphatic hydroxyl groups excluding tert-OH is 1. The lowest BCUT2D eigenvalue weighted by atomic mass is 10.1. The summed E-state index contributed by atoms with van der Waals surface area (Å²) >= 11 is 0. The van der Waals surface area contributed by atoms with Crippen LogP contribution in [0.5, 0.6) is 0 Å². The zero-order valence-electron chi connectivity index (χ0n) is 7.05. The highest BCUT2D eigenvalue weighted by Crippen LogP contribution is 2.11. The Hall–Kier alpha value is -0.890. The van der Waals surface area contributed by atoms with Crippen LogP contribution in [0, 0.1) is 12.4 Å². The van der Waals surface area contributed by atoms with Crippen molar-refractivity contribution in [2.24, 2.45) is 0 Å². The molecule has 2 heteroatoms. The maximum Gasteiger partial charge on any atom is 0.123 e. The number of benzene rings is 1. The third kappa shape index (κ3) is 2.31. The minimum Gasteiger partial charge on any atom is -0.385 e. The summed E-state index contributed by atoms with van der Waals surface area (Å²) in [5, 5.41) is 8.66. The quantitative estimate of drug-likeness (QED) is 0.733. The highest BCUT2D eigenvalue weighted by atomic mass is 19.1. The van der Waals surface area contributed by atoms with E-state index in [0.29, 0.717) is 5.56 Å². The van der Waals surface area contributed by atoms with Crippen molar-refractivity contribution in [1.29, 1.82) is 0 Å². The van der Waals surface area contributed by atoms with Gasteiger partial charge in [0, 0.05) is 0 Å². The van der Waals surface area contributed by atoms with E-state index in [-0.39, 0.29) is 5.82 Å². The number of aryl methyl sites for hydroxylation is 1. The van der Waals surface area contributed by atoms with Crippen molar-refractivity contribution >= 4 is 0 Å². The van der Waals surface area contributed by atoms with E-state index in [0.717, 1.165) is 25.0 Å². The number of hydrogen-bond acceptors (Lipinski definition) is 1. The van der Waals surface area contributed by atoms with Crippen LogP contribution < -0.4 is 0 Å². The topological polar surface area (TPSA) is 20.2 Å². The van der Waals surface area contributed by atoms with Gasteiger partial charge in [-0.25, -0.2) is 4.39 Å². The highest BCUT2D eigenvalue weighted by Gasteiger charge is 1.99. The molecule has 1 rings (SSSR count). The van der Waals surface area contributed by atoms with Crippen molar-refractivity contribution in [3.63, 3.8) is 0 Å². The second-order valence-corrected chi connectivity index (χ2v) is 2.77. The molecule has 0 bridgehead atoms. The number of rotatable bonds is 3. The second kappa shape index (κ2) is 4.21. The molecule has 0 aliphatic rings. The monoisotopic (exact) mass is 167 g/mol. The third-order valence-corrected chi connectivity index (χ3v) is 1.67. The van der Waals surface area contributed by atoms with Crippen molar-refractivity contribution in [3.05, 3.63) is 41.8 Å². The van der Waals surface area contributed by atoms with Gasteiger partial charge in [-0.05, 0) is 29.7 Å². The lowest BCUT2D eigenvalue weighted by Crippen LogP contribution is -1.89. The predicted molar refractivity (Wildman–Crippen MR) is 45.7 cm³/mol. The van der Waals surface area contributed by atoms with Gasteiger partial charge in [-0.2, -0.15) is 0 Å². The average Bonchev–Trinajstić information content (AvgIpc) is 2.04. The van der Waals surface area contributed by atoms with Gasteiger partial charge in [-0.1, -0.05) is 19.4 Å². The average molecular weight is 167 g/mol. The molecule has 12 heavy (non-hydrogen) atoms. The zero-order chi connectivity index (χ0) is 8.97. The predicted octanol–water partition coefficient (Wildman–Crippen LogP) is 2.66. The summed E-state index contributed by atoms with van der Waals surface area (Å²) < 4.78 is 12.8. The number of hydrogen-bond donors (Lipinski definition) is 1. The molecule has 1 aromatic carbocycles. The van der Waals surface area contributed by atoms with Gasteiger partial charge >= 0.3 is 0 Å². The Morgan fingerprint density at radius 1 is 1.42 bits per heavy atom. The Labute approximate surface area is 71.9 Å². The molecule has 0 unspecified atom stereocenters. The molecule has 0 amide bonds. The summed E-state index contributed by atoms with van der Waals surface area (Å²) in [6, 6.07) is 4.59. The van der Waals surface area contributed by atoms with E-state index < -0.39 is 0 Å². The molecule has 1 aromatic rings. The molecule has 0 saturated carbocycles. The van der Waals surface area contributed by atoms with Gasteiger partial charge in [0.25, 0.3) is 0 Å². The normalized spacial score (nSPS) is 10.2. The van der Waals surface area contributed by atoms with Crippen LogP contribution in [0.1, 0.15) is 24.5 Å². The lowest BCUT2D eigenvalue weighted by molar-refractivity contribution is 0.414. The van der Waals surface area contributed by atoms with Gasteiger partial charge < -0.3 is 5.11 Å². The molecule has 0 atom stereocenters. The third-order valence-electron chi connectivity index (χ3n) is 1.67. The molecule has 0 saturated heterocycles. The molecule has 0 aromatic heterocycles. The van der Waals surface area contributed by atoms with Crippen molar-refractivity contribution in [1.82, 2.24) is 0 Å². The lowest BCUT2D eigenvalue weighted by Gasteiger charge is -2.01. The van der Waals surface area contributed by atoms with Crippen molar-refractivity contribution in [2.75, 3.05) is 0 Å². The van der Waals surface area contributed by atoms with Crippen LogP contribution in [0.2, 0.25) is 0 Å². The van der Waals surface area contributed by atoms with Crippen LogP contribution in [0.15, 0.2) is 18.2 Å². The Morgan fingerprint density at radius 3 is 2.75 bits per heavy atom. The highest BCUT2D eigenvalue weighted by molar-refractivity contribution is 5.27. The van der Waals surface area contributed by atoms with Gasteiger partial charge in [-0.15, -0.1) is 0 Å². The molecular weight excluding hydrogens is 155 g/mol. The minimum absolute atomic E-state index is 0.291. The molecule has 0 spiro atoms. The largest absolute Gasteiger partial charge is 0.385 e. The van der Waals surface area contributed by atoms with Crippen LogP contribution in [-0.2, 0) is 6.42 Å². The fraction of sp³-hybridized carbons (Fsp3) is 0.300. The fourth-order valence-electron chi connectivity index (χ4n) is 1.18. The summed E-state index contributed by atoms with van der Waals surface area (Å²) in [6.45, 7) is 2.95. The smallest absolute Gasteiger partial charge is 0.123 e. The minimum atomic E-state index is -0.291. The van der Waals surface area contributed by atoms with Crippen molar-refractivity contribution in [2.45, 2.75) is 19.8 Å². The molecule has 0 aliphatic heterocycles. The molecule has 1 N–H and O–H groups in total. The fourth-order valence-corrected chi connectivity index (χ4v) is 1.18. The van der Waals surface area contributed by atoms with E-state index in [4.69, 9.17) is 5.11 Å². The zero-order valence-corrected chi connectivity index (χ0v) is 7.05. The van der Waals surface area contributed by atoms with E-state index in [1.54, 1.807) is 6.07 Å². The van der Waals surface area contributed by atoms with Gasteiger partial charge in [0.15, 0.2) is 0 Å². The van der Waals surface area contributed by atoms with Gasteiger partial charge in [0.1, 0.15) is 12.4 Å². The van der Waals surface area contributed by atoms with Crippen LogP contribution in [0.4, 0.5) is 4.39 Å². The maximum absolute atomic E-state index is 12.8. The van der Waals surface area contributed by atoms with Crippen LogP contribution in [-0.4, -0.2) is 5.11 Å². The Balaban J connectivity index is 2.90. The van der Waals surface area contributed by atoms with Crippen molar-refractivity contribution in [3.8, 4) is 0 Å². The van der Waals surface area contributed by atoms with E-state index in [2.05, 4.69) is 0 Å². The van der Waals surface area contributed by atoms with Crippen LogP contribution >= 0.6 is 0 Å². The first-order chi connectivity index (χ1) is 5.76. The van der Waals surface area contributed by atoms with Gasteiger partial charge in [0.2, 0.25) is 0 Å². The van der Waals surface area contributed by atoms with Gasteiger partial charge in [0.05, 0.1) is 0 Å². The molecule has 1 radical (unpaired) electrons.